The van der Waals surface area contributed by atoms with Gasteiger partial charge in [-0.05, 0) is 36.5 Å². The van der Waals surface area contributed by atoms with Gasteiger partial charge in [0.05, 0.1) is 12.5 Å². The lowest BCUT2D eigenvalue weighted by Gasteiger charge is -2.20. The molecule has 5 heteroatoms. The van der Waals surface area contributed by atoms with Crippen LogP contribution in [0.25, 0.3) is 0 Å². The molecule has 0 heterocycles. The molecule has 2 unspecified atom stereocenters. The van der Waals surface area contributed by atoms with Crippen LogP contribution in [0.5, 0.6) is 0 Å². The molecule has 1 aliphatic rings. The maximum atomic E-state index is 12.2. The molecular formula is C15H18BrNO3. The van der Waals surface area contributed by atoms with Crippen LogP contribution in [-0.2, 0) is 9.59 Å². The highest BCUT2D eigenvalue weighted by atomic mass is 79.9. The molecule has 2 atom stereocenters. The molecule has 0 radical (unpaired) electrons. The number of nitrogens with one attached hydrogen (secondary N) is 1. The van der Waals surface area contributed by atoms with Gasteiger partial charge in [0, 0.05) is 10.4 Å². The van der Waals surface area contributed by atoms with Crippen molar-refractivity contribution in [1.82, 2.24) is 5.32 Å². The van der Waals surface area contributed by atoms with Gasteiger partial charge in [-0.15, -0.1) is 0 Å². The normalized spacial score (nSPS) is 17.3. The molecule has 0 aliphatic heterocycles. The van der Waals surface area contributed by atoms with Crippen LogP contribution in [0.1, 0.15) is 37.8 Å². The Labute approximate surface area is 126 Å². The van der Waals surface area contributed by atoms with Crippen molar-refractivity contribution in [1.29, 1.82) is 0 Å². The molecule has 20 heavy (non-hydrogen) atoms. The molecule has 0 bridgehead atoms. The van der Waals surface area contributed by atoms with Gasteiger partial charge in [0.25, 0.3) is 0 Å². The van der Waals surface area contributed by atoms with Gasteiger partial charge in [-0.1, -0.05) is 35.0 Å². The third kappa shape index (κ3) is 4.07. The van der Waals surface area contributed by atoms with E-state index >= 15 is 0 Å². The van der Waals surface area contributed by atoms with Gasteiger partial charge < -0.3 is 10.4 Å². The number of carboxylic acids is 1. The second-order valence-corrected chi connectivity index (χ2v) is 6.26. The van der Waals surface area contributed by atoms with Crippen LogP contribution < -0.4 is 5.32 Å². The van der Waals surface area contributed by atoms with Crippen LogP contribution in [0, 0.1) is 11.8 Å². The van der Waals surface area contributed by atoms with Gasteiger partial charge in [-0.25, -0.2) is 0 Å². The molecule has 2 rings (SSSR count). The molecule has 1 aliphatic carbocycles. The summed E-state index contributed by atoms with van der Waals surface area (Å²) in [5.41, 5.74) is 0.804. The second-order valence-electron chi connectivity index (χ2n) is 5.34. The van der Waals surface area contributed by atoms with Crippen LogP contribution >= 0.6 is 15.9 Å². The van der Waals surface area contributed by atoms with Gasteiger partial charge in [0.1, 0.15) is 0 Å². The molecule has 0 saturated heterocycles. The zero-order valence-electron chi connectivity index (χ0n) is 11.3. The number of halogens is 1. The minimum absolute atomic E-state index is 0.0431. The standard InChI is InChI=1S/C15H18BrNO3/c1-9(10-5-6-10)15(20)17-13(8-14(18)19)11-3-2-4-12(16)7-11/h2-4,7,9-10,13H,5-6,8H2,1H3,(H,17,20)(H,18,19). The molecule has 2 N–H and O–H groups in total. The van der Waals surface area contributed by atoms with E-state index < -0.39 is 12.0 Å². The number of hydrogen-bond acceptors (Lipinski definition) is 2. The van der Waals surface area contributed by atoms with E-state index in [9.17, 15) is 9.59 Å². The van der Waals surface area contributed by atoms with Crippen molar-refractivity contribution in [3.8, 4) is 0 Å². The molecule has 4 nitrogen and oxygen atoms in total. The van der Waals surface area contributed by atoms with Gasteiger partial charge in [-0.3, -0.25) is 9.59 Å². The summed E-state index contributed by atoms with van der Waals surface area (Å²) in [5, 5.41) is 11.9. The van der Waals surface area contributed by atoms with Crippen molar-refractivity contribution in [3.05, 3.63) is 34.3 Å². The predicted octanol–water partition coefficient (Wildman–Crippen LogP) is 3.13. The van der Waals surface area contributed by atoms with Gasteiger partial charge in [-0.2, -0.15) is 0 Å². The number of hydrogen-bond donors (Lipinski definition) is 2. The molecule has 1 aromatic carbocycles. The van der Waals surface area contributed by atoms with Gasteiger partial charge in [0.2, 0.25) is 5.91 Å². The zero-order chi connectivity index (χ0) is 14.7. The molecule has 1 aromatic rings. The maximum absolute atomic E-state index is 12.2. The lowest BCUT2D eigenvalue weighted by molar-refractivity contribution is -0.138. The molecule has 1 amide bonds. The minimum atomic E-state index is -0.922. The summed E-state index contributed by atoms with van der Waals surface area (Å²) in [7, 11) is 0. The highest BCUT2D eigenvalue weighted by molar-refractivity contribution is 9.10. The Morgan fingerprint density at radius 3 is 2.70 bits per heavy atom. The third-order valence-electron chi connectivity index (χ3n) is 3.69. The summed E-state index contributed by atoms with van der Waals surface area (Å²) in [5.74, 6) is -0.561. The lowest BCUT2D eigenvalue weighted by atomic mass is 10.0. The minimum Gasteiger partial charge on any atom is -0.481 e. The zero-order valence-corrected chi connectivity index (χ0v) is 12.9. The van der Waals surface area contributed by atoms with Crippen molar-refractivity contribution < 1.29 is 14.7 Å². The third-order valence-corrected chi connectivity index (χ3v) is 4.18. The second kappa shape index (κ2) is 6.39. The van der Waals surface area contributed by atoms with E-state index in [1.54, 1.807) is 0 Å². The first-order valence-corrected chi connectivity index (χ1v) is 7.54. The first-order chi connectivity index (χ1) is 9.47. The Balaban J connectivity index is 2.10. The van der Waals surface area contributed by atoms with Crippen molar-refractivity contribution in [2.24, 2.45) is 11.8 Å². The van der Waals surface area contributed by atoms with E-state index in [1.165, 1.54) is 0 Å². The van der Waals surface area contributed by atoms with E-state index in [2.05, 4.69) is 21.2 Å². The Kier molecular flexibility index (Phi) is 4.81. The largest absolute Gasteiger partial charge is 0.481 e. The first-order valence-electron chi connectivity index (χ1n) is 6.75. The summed E-state index contributed by atoms with van der Waals surface area (Å²) in [6.07, 6.45) is 2.07. The lowest BCUT2D eigenvalue weighted by Crippen LogP contribution is -2.34. The number of carbonyl (C=O) groups is 2. The Bertz CT molecular complexity index is 514. The van der Waals surface area contributed by atoms with E-state index in [4.69, 9.17) is 5.11 Å². The van der Waals surface area contributed by atoms with Gasteiger partial charge in [0.15, 0.2) is 0 Å². The summed E-state index contributed by atoms with van der Waals surface area (Å²) < 4.78 is 0.870. The quantitative estimate of drug-likeness (QED) is 0.836. The number of carbonyl (C=O) groups excluding carboxylic acids is 1. The van der Waals surface area contributed by atoms with Crippen molar-refractivity contribution >= 4 is 27.8 Å². The molecule has 0 spiro atoms. The maximum Gasteiger partial charge on any atom is 0.305 e. The fourth-order valence-electron chi connectivity index (χ4n) is 2.26. The van der Waals surface area contributed by atoms with E-state index in [0.29, 0.717) is 5.92 Å². The van der Waals surface area contributed by atoms with E-state index in [1.807, 2.05) is 31.2 Å². The number of amides is 1. The van der Waals surface area contributed by atoms with E-state index in [0.717, 1.165) is 22.9 Å². The fraction of sp³-hybridized carbons (Fsp3) is 0.467. The average Bonchev–Trinajstić information content (AvgIpc) is 3.20. The number of rotatable bonds is 6. The topological polar surface area (TPSA) is 66.4 Å². The molecule has 1 fully saturated rings. The van der Waals surface area contributed by atoms with Crippen molar-refractivity contribution in [2.45, 2.75) is 32.2 Å². The van der Waals surface area contributed by atoms with Gasteiger partial charge >= 0.3 is 5.97 Å². The van der Waals surface area contributed by atoms with Crippen LogP contribution in [0.4, 0.5) is 0 Å². The van der Waals surface area contributed by atoms with Crippen LogP contribution in [0.2, 0.25) is 0 Å². The molecule has 0 aromatic heterocycles. The fourth-order valence-corrected chi connectivity index (χ4v) is 2.68. The summed E-state index contributed by atoms with van der Waals surface area (Å²) in [6, 6.07) is 6.90. The smallest absolute Gasteiger partial charge is 0.305 e. The molecule has 1 saturated carbocycles. The SMILES string of the molecule is CC(C(=O)NC(CC(=O)O)c1cccc(Br)c1)C1CC1. The van der Waals surface area contributed by atoms with Crippen molar-refractivity contribution in [3.63, 3.8) is 0 Å². The monoisotopic (exact) mass is 339 g/mol. The Hall–Kier alpha value is -1.36. The summed E-state index contributed by atoms with van der Waals surface area (Å²) in [4.78, 5) is 23.2. The number of aliphatic carboxylic acids is 1. The van der Waals surface area contributed by atoms with Crippen LogP contribution in [0.15, 0.2) is 28.7 Å². The highest BCUT2D eigenvalue weighted by Gasteiger charge is 2.33. The molecular weight excluding hydrogens is 322 g/mol. The predicted molar refractivity (Wildman–Crippen MR) is 79.2 cm³/mol. The number of carboxylic acid groups (broad SMARTS) is 1. The molecule has 108 valence electrons. The first kappa shape index (κ1) is 15.0. The van der Waals surface area contributed by atoms with E-state index in [-0.39, 0.29) is 18.2 Å². The van der Waals surface area contributed by atoms with Crippen LogP contribution in [-0.4, -0.2) is 17.0 Å². The summed E-state index contributed by atoms with van der Waals surface area (Å²) >= 11 is 3.36. The highest BCUT2D eigenvalue weighted by Crippen LogP contribution is 2.37. The van der Waals surface area contributed by atoms with Crippen LogP contribution in [0.3, 0.4) is 0 Å². The van der Waals surface area contributed by atoms with Crippen molar-refractivity contribution in [2.75, 3.05) is 0 Å². The Morgan fingerprint density at radius 1 is 1.45 bits per heavy atom. The number of benzene rings is 1. The summed E-state index contributed by atoms with van der Waals surface area (Å²) in [6.45, 7) is 1.91. The Morgan fingerprint density at radius 2 is 2.15 bits per heavy atom. The average molecular weight is 340 g/mol.